The van der Waals surface area contributed by atoms with E-state index in [1.165, 1.54) is 11.1 Å². The van der Waals surface area contributed by atoms with Gasteiger partial charge >= 0.3 is 0 Å². The van der Waals surface area contributed by atoms with E-state index >= 15 is 0 Å². The molecule has 0 aromatic heterocycles. The van der Waals surface area contributed by atoms with Gasteiger partial charge in [0.2, 0.25) is 0 Å². The minimum Gasteiger partial charge on any atom is -0.0984 e. The predicted molar refractivity (Wildman–Crippen MR) is 80.1 cm³/mol. The van der Waals surface area contributed by atoms with E-state index in [-0.39, 0.29) is 0 Å². The molecule has 0 fully saturated rings. The Balaban J connectivity index is 2.26. The number of allylic oxidation sites excluding steroid dienone is 8. The molecular weight excluding hydrogens is 216 g/mol. The van der Waals surface area contributed by atoms with Gasteiger partial charge in [0, 0.05) is 0 Å². The third kappa shape index (κ3) is 2.60. The summed E-state index contributed by atoms with van der Waals surface area (Å²) >= 11 is 0. The molecule has 1 aromatic rings. The van der Waals surface area contributed by atoms with Crippen LogP contribution in [0.2, 0.25) is 0 Å². The van der Waals surface area contributed by atoms with Crippen LogP contribution >= 0.6 is 0 Å². The van der Waals surface area contributed by atoms with Crippen LogP contribution in [-0.2, 0) is 0 Å². The van der Waals surface area contributed by atoms with Crippen molar-refractivity contribution in [1.82, 2.24) is 0 Å². The van der Waals surface area contributed by atoms with Crippen molar-refractivity contribution >= 4 is 5.57 Å². The molecule has 1 aliphatic carbocycles. The van der Waals surface area contributed by atoms with Crippen molar-refractivity contribution in [2.24, 2.45) is 5.92 Å². The van der Waals surface area contributed by atoms with E-state index in [1.54, 1.807) is 0 Å². The molecule has 0 aliphatic heterocycles. The van der Waals surface area contributed by atoms with Crippen LogP contribution in [0.1, 0.15) is 12.5 Å². The van der Waals surface area contributed by atoms with E-state index in [0.29, 0.717) is 5.92 Å². The second-order valence-corrected chi connectivity index (χ2v) is 4.49. The fraction of sp³-hybridized carbons (Fsp3) is 0.111. The molecule has 1 unspecified atom stereocenters. The van der Waals surface area contributed by atoms with Crippen LogP contribution in [0.3, 0.4) is 0 Å². The highest BCUT2D eigenvalue weighted by molar-refractivity contribution is 5.76. The van der Waals surface area contributed by atoms with Crippen molar-refractivity contribution in [2.75, 3.05) is 0 Å². The normalized spacial score (nSPS) is 18.6. The van der Waals surface area contributed by atoms with Gasteiger partial charge in [0.15, 0.2) is 0 Å². The zero-order valence-corrected chi connectivity index (χ0v) is 10.8. The molecule has 1 atom stereocenters. The van der Waals surface area contributed by atoms with Gasteiger partial charge in [-0.05, 0) is 34.3 Å². The standard InChI is InChI=1S/C18H18/c1-4-16(17-10-6-5-7-11-17)13-15(3)18-12-8-9-14(18)2/h4-14H,1,3H2,2H3/b16-13+. The molecule has 1 aromatic carbocycles. The van der Waals surface area contributed by atoms with E-state index in [0.717, 1.165) is 11.1 Å². The fourth-order valence-corrected chi connectivity index (χ4v) is 2.14. The number of rotatable bonds is 4. The molecule has 0 heteroatoms. The third-order valence-electron chi connectivity index (χ3n) is 3.19. The summed E-state index contributed by atoms with van der Waals surface area (Å²) in [6, 6.07) is 10.3. The maximum atomic E-state index is 4.17. The van der Waals surface area contributed by atoms with Crippen molar-refractivity contribution in [3.05, 3.63) is 90.6 Å². The smallest absolute Gasteiger partial charge is 0.000160 e. The van der Waals surface area contributed by atoms with Crippen molar-refractivity contribution < 1.29 is 0 Å². The Labute approximate surface area is 109 Å². The van der Waals surface area contributed by atoms with Crippen LogP contribution in [-0.4, -0.2) is 0 Å². The molecule has 90 valence electrons. The molecule has 0 saturated carbocycles. The molecule has 0 spiro atoms. The Morgan fingerprint density at radius 2 is 1.94 bits per heavy atom. The Hall–Kier alpha value is -2.08. The first-order valence-corrected chi connectivity index (χ1v) is 6.19. The molecule has 18 heavy (non-hydrogen) atoms. The van der Waals surface area contributed by atoms with Gasteiger partial charge in [-0.25, -0.2) is 0 Å². The van der Waals surface area contributed by atoms with Crippen LogP contribution in [0.25, 0.3) is 5.57 Å². The summed E-state index contributed by atoms with van der Waals surface area (Å²) in [6.45, 7) is 10.2. The Kier molecular flexibility index (Phi) is 3.78. The lowest BCUT2D eigenvalue weighted by Crippen LogP contribution is -1.94. The number of benzene rings is 1. The molecule has 2 rings (SSSR count). The molecular formula is C18H18. The fourth-order valence-electron chi connectivity index (χ4n) is 2.14. The van der Waals surface area contributed by atoms with Crippen molar-refractivity contribution in [3.63, 3.8) is 0 Å². The SMILES string of the molecule is C=C/C(=C\C(=C)C1=CC=CC1C)c1ccccc1. The average molecular weight is 234 g/mol. The lowest BCUT2D eigenvalue weighted by atomic mass is 9.94. The predicted octanol–water partition coefficient (Wildman–Crippen LogP) is 4.94. The van der Waals surface area contributed by atoms with Crippen LogP contribution in [0.15, 0.2) is 85.0 Å². The Bertz CT molecular complexity index is 539. The monoisotopic (exact) mass is 234 g/mol. The van der Waals surface area contributed by atoms with Crippen molar-refractivity contribution in [3.8, 4) is 0 Å². The first-order chi connectivity index (χ1) is 8.72. The van der Waals surface area contributed by atoms with Crippen LogP contribution in [0.5, 0.6) is 0 Å². The summed E-state index contributed by atoms with van der Waals surface area (Å²) in [6.07, 6.45) is 10.4. The molecule has 0 saturated heterocycles. The van der Waals surface area contributed by atoms with Gasteiger partial charge in [-0.15, -0.1) is 0 Å². The quantitative estimate of drug-likeness (QED) is 0.647. The largest absolute Gasteiger partial charge is 0.0984 e. The van der Waals surface area contributed by atoms with E-state index in [1.807, 2.05) is 24.3 Å². The van der Waals surface area contributed by atoms with E-state index < -0.39 is 0 Å². The molecule has 0 N–H and O–H groups in total. The summed E-state index contributed by atoms with van der Waals surface area (Å²) in [7, 11) is 0. The van der Waals surface area contributed by atoms with Crippen molar-refractivity contribution in [2.45, 2.75) is 6.92 Å². The molecule has 0 nitrogen and oxygen atoms in total. The third-order valence-corrected chi connectivity index (χ3v) is 3.19. The highest BCUT2D eigenvalue weighted by atomic mass is 14.2. The second-order valence-electron chi connectivity index (χ2n) is 4.49. The first-order valence-electron chi connectivity index (χ1n) is 6.19. The lowest BCUT2D eigenvalue weighted by molar-refractivity contribution is 0.900. The van der Waals surface area contributed by atoms with Gasteiger partial charge in [-0.1, -0.05) is 74.7 Å². The Morgan fingerprint density at radius 1 is 1.22 bits per heavy atom. The minimum absolute atomic E-state index is 0.454. The van der Waals surface area contributed by atoms with Gasteiger partial charge in [0.05, 0.1) is 0 Å². The van der Waals surface area contributed by atoms with Gasteiger partial charge in [0.25, 0.3) is 0 Å². The van der Waals surface area contributed by atoms with Gasteiger partial charge in [0.1, 0.15) is 0 Å². The zero-order valence-electron chi connectivity index (χ0n) is 10.8. The summed E-state index contributed by atoms with van der Waals surface area (Å²) in [5, 5.41) is 0. The highest BCUT2D eigenvalue weighted by Crippen LogP contribution is 2.28. The molecule has 0 radical (unpaired) electrons. The summed E-state index contributed by atoms with van der Waals surface area (Å²) in [5.41, 5.74) is 4.63. The molecule has 1 aliphatic rings. The van der Waals surface area contributed by atoms with Gasteiger partial charge < -0.3 is 0 Å². The maximum Gasteiger partial charge on any atom is -0.000160 e. The second kappa shape index (κ2) is 5.50. The van der Waals surface area contributed by atoms with Gasteiger partial charge in [-0.2, -0.15) is 0 Å². The van der Waals surface area contributed by atoms with E-state index in [9.17, 15) is 0 Å². The number of hydrogen-bond acceptors (Lipinski definition) is 0. The molecule has 0 heterocycles. The highest BCUT2D eigenvalue weighted by Gasteiger charge is 2.11. The maximum absolute atomic E-state index is 4.17. The van der Waals surface area contributed by atoms with E-state index in [4.69, 9.17) is 0 Å². The van der Waals surface area contributed by atoms with Gasteiger partial charge in [-0.3, -0.25) is 0 Å². The summed E-state index contributed by atoms with van der Waals surface area (Å²) < 4.78 is 0. The summed E-state index contributed by atoms with van der Waals surface area (Å²) in [5.74, 6) is 0.454. The van der Waals surface area contributed by atoms with Crippen LogP contribution < -0.4 is 0 Å². The van der Waals surface area contributed by atoms with Crippen LogP contribution in [0, 0.1) is 5.92 Å². The first kappa shape index (κ1) is 12.4. The average Bonchev–Trinajstić information content (AvgIpc) is 2.83. The van der Waals surface area contributed by atoms with Crippen molar-refractivity contribution in [1.29, 1.82) is 0 Å². The topological polar surface area (TPSA) is 0 Å². The van der Waals surface area contributed by atoms with E-state index in [2.05, 4.69) is 56.5 Å². The minimum atomic E-state index is 0.454. The number of hydrogen-bond donors (Lipinski definition) is 0. The molecule has 0 bridgehead atoms. The summed E-state index contributed by atoms with van der Waals surface area (Å²) in [4.78, 5) is 0. The molecule has 0 amide bonds. The zero-order chi connectivity index (χ0) is 13.0. The Morgan fingerprint density at radius 3 is 2.50 bits per heavy atom. The van der Waals surface area contributed by atoms with Crippen LogP contribution in [0.4, 0.5) is 0 Å². The lowest BCUT2D eigenvalue weighted by Gasteiger charge is -2.10.